The zero-order valence-corrected chi connectivity index (χ0v) is 14.6. The first-order valence-electron chi connectivity index (χ1n) is 9.05. The molecule has 3 aromatic rings. The van der Waals surface area contributed by atoms with Crippen molar-refractivity contribution in [2.24, 2.45) is 0 Å². The first-order valence-corrected chi connectivity index (χ1v) is 9.05. The number of aryl methyl sites for hydroxylation is 1. The molecule has 0 unspecified atom stereocenters. The molecule has 1 aliphatic carbocycles. The molecule has 0 fully saturated rings. The van der Waals surface area contributed by atoms with Crippen molar-refractivity contribution in [3.8, 4) is 5.75 Å². The number of ether oxygens (including phenoxy) is 1. The van der Waals surface area contributed by atoms with E-state index in [2.05, 4.69) is 0 Å². The van der Waals surface area contributed by atoms with E-state index in [4.69, 9.17) is 9.15 Å². The molecule has 0 saturated carbocycles. The van der Waals surface area contributed by atoms with Crippen LogP contribution in [0.1, 0.15) is 29.5 Å². The van der Waals surface area contributed by atoms with Gasteiger partial charge in [-0.1, -0.05) is 0 Å². The number of halogens is 2. The maximum atomic E-state index is 13.6. The lowest BCUT2D eigenvalue weighted by Crippen LogP contribution is -2.32. The molecule has 138 valence electrons. The lowest BCUT2D eigenvalue weighted by molar-refractivity contribution is 0.288. The highest BCUT2D eigenvalue weighted by Gasteiger charge is 2.25. The first kappa shape index (κ1) is 16.3. The van der Waals surface area contributed by atoms with E-state index in [0.29, 0.717) is 23.6 Å². The lowest BCUT2D eigenvalue weighted by atomic mass is 9.90. The quantitative estimate of drug-likeness (QED) is 0.600. The Bertz CT molecular complexity index is 1120. The summed E-state index contributed by atoms with van der Waals surface area (Å²) < 4.78 is 38.4. The molecule has 0 radical (unpaired) electrons. The number of hydrogen-bond acceptors (Lipinski definition) is 4. The second kappa shape index (κ2) is 6.08. The Morgan fingerprint density at radius 3 is 2.56 bits per heavy atom. The van der Waals surface area contributed by atoms with Gasteiger partial charge in [0.2, 0.25) is 0 Å². The van der Waals surface area contributed by atoms with Crippen LogP contribution in [0.3, 0.4) is 0 Å². The van der Waals surface area contributed by atoms with Gasteiger partial charge in [0.25, 0.3) is 0 Å². The molecule has 0 atom stereocenters. The SMILES string of the molecule is O=c1oc2c3c(ccc2c2c1CCCC2)OCN(c1ccc(F)c(F)c1)C3. The van der Waals surface area contributed by atoms with Crippen molar-refractivity contribution < 1.29 is 17.9 Å². The molecule has 1 aromatic heterocycles. The van der Waals surface area contributed by atoms with Crippen molar-refractivity contribution >= 4 is 16.7 Å². The Morgan fingerprint density at radius 2 is 1.74 bits per heavy atom. The van der Waals surface area contributed by atoms with Gasteiger partial charge in [-0.15, -0.1) is 0 Å². The molecule has 5 rings (SSSR count). The van der Waals surface area contributed by atoms with Crippen LogP contribution in [-0.4, -0.2) is 6.73 Å². The van der Waals surface area contributed by atoms with E-state index in [-0.39, 0.29) is 12.4 Å². The Morgan fingerprint density at radius 1 is 0.926 bits per heavy atom. The summed E-state index contributed by atoms with van der Waals surface area (Å²) in [7, 11) is 0. The van der Waals surface area contributed by atoms with Gasteiger partial charge in [0.05, 0.1) is 12.1 Å². The smallest absolute Gasteiger partial charge is 0.339 e. The third-order valence-electron chi connectivity index (χ3n) is 5.44. The monoisotopic (exact) mass is 369 g/mol. The fraction of sp³-hybridized carbons (Fsp3) is 0.286. The summed E-state index contributed by atoms with van der Waals surface area (Å²) in [5.41, 5.74) is 3.37. The standard InChI is InChI=1S/C21H17F2NO3/c22-17-7-5-12(9-18(17)23)24-10-16-19(26-11-24)8-6-14-13-3-1-2-4-15(13)21(25)27-20(14)16/h5-9H,1-4,10-11H2. The summed E-state index contributed by atoms with van der Waals surface area (Å²) in [6.07, 6.45) is 3.67. The van der Waals surface area contributed by atoms with Crippen molar-refractivity contribution in [2.75, 3.05) is 11.6 Å². The Labute approximate surface area is 154 Å². The maximum absolute atomic E-state index is 13.6. The predicted octanol–water partition coefficient (Wildman–Crippen LogP) is 4.31. The van der Waals surface area contributed by atoms with Crippen LogP contribution in [0.2, 0.25) is 0 Å². The van der Waals surface area contributed by atoms with E-state index >= 15 is 0 Å². The summed E-state index contributed by atoms with van der Waals surface area (Å²) in [6.45, 7) is 0.595. The number of hydrogen-bond donors (Lipinski definition) is 0. The number of anilines is 1. The molecule has 0 spiro atoms. The molecule has 4 nitrogen and oxygen atoms in total. The molecule has 0 N–H and O–H groups in total. The molecule has 0 bridgehead atoms. The van der Waals surface area contributed by atoms with Gasteiger partial charge in [-0.25, -0.2) is 13.6 Å². The first-order chi connectivity index (χ1) is 13.1. The van der Waals surface area contributed by atoms with E-state index in [1.165, 1.54) is 6.07 Å². The third-order valence-corrected chi connectivity index (χ3v) is 5.44. The van der Waals surface area contributed by atoms with E-state index in [1.807, 2.05) is 12.1 Å². The number of nitrogens with zero attached hydrogens (tertiary/aromatic N) is 1. The molecule has 0 saturated heterocycles. The van der Waals surface area contributed by atoms with Gasteiger partial charge in [-0.3, -0.25) is 0 Å². The van der Waals surface area contributed by atoms with Crippen LogP contribution >= 0.6 is 0 Å². The van der Waals surface area contributed by atoms with Gasteiger partial charge in [0.15, 0.2) is 18.4 Å². The largest absolute Gasteiger partial charge is 0.473 e. The summed E-state index contributed by atoms with van der Waals surface area (Å²) in [5, 5.41) is 0.943. The number of rotatable bonds is 1. The Hall–Kier alpha value is -2.89. The van der Waals surface area contributed by atoms with Crippen molar-refractivity contribution in [2.45, 2.75) is 32.2 Å². The van der Waals surface area contributed by atoms with E-state index < -0.39 is 11.6 Å². The number of benzene rings is 2. The van der Waals surface area contributed by atoms with Gasteiger partial charge >= 0.3 is 5.63 Å². The van der Waals surface area contributed by atoms with E-state index in [0.717, 1.165) is 59.9 Å². The summed E-state index contributed by atoms with van der Waals surface area (Å²) in [4.78, 5) is 14.3. The normalized spacial score (nSPS) is 16.0. The van der Waals surface area contributed by atoms with Gasteiger partial charge in [-0.2, -0.15) is 0 Å². The zero-order valence-electron chi connectivity index (χ0n) is 14.6. The highest BCUT2D eigenvalue weighted by Crippen LogP contribution is 2.36. The Balaban J connectivity index is 1.63. The minimum Gasteiger partial charge on any atom is -0.473 e. The zero-order chi connectivity index (χ0) is 18.5. The minimum absolute atomic E-state index is 0.207. The van der Waals surface area contributed by atoms with Crippen LogP contribution in [0.25, 0.3) is 11.0 Å². The van der Waals surface area contributed by atoms with Crippen LogP contribution in [0.4, 0.5) is 14.5 Å². The van der Waals surface area contributed by atoms with Gasteiger partial charge in [-0.05, 0) is 55.5 Å². The van der Waals surface area contributed by atoms with Crippen LogP contribution in [-0.2, 0) is 19.4 Å². The second-order valence-electron chi connectivity index (χ2n) is 7.04. The molecule has 2 heterocycles. The molecular weight excluding hydrogens is 352 g/mol. The number of fused-ring (bicyclic) bond motifs is 5. The van der Waals surface area contributed by atoms with Gasteiger partial charge in [0.1, 0.15) is 11.3 Å². The van der Waals surface area contributed by atoms with Gasteiger partial charge < -0.3 is 14.1 Å². The fourth-order valence-electron chi connectivity index (χ4n) is 4.06. The lowest BCUT2D eigenvalue weighted by Gasteiger charge is -2.31. The summed E-state index contributed by atoms with van der Waals surface area (Å²) >= 11 is 0. The summed E-state index contributed by atoms with van der Waals surface area (Å²) in [5.74, 6) is -1.14. The maximum Gasteiger partial charge on any atom is 0.339 e. The average molecular weight is 369 g/mol. The molecular formula is C21H17F2NO3. The molecule has 27 heavy (non-hydrogen) atoms. The molecule has 2 aromatic carbocycles. The van der Waals surface area contributed by atoms with Crippen molar-refractivity contribution in [3.05, 3.63) is 69.1 Å². The van der Waals surface area contributed by atoms with Gasteiger partial charge in [0, 0.05) is 22.7 Å². The fourth-order valence-corrected chi connectivity index (χ4v) is 4.06. The molecule has 1 aliphatic heterocycles. The highest BCUT2D eigenvalue weighted by molar-refractivity contribution is 5.86. The van der Waals surface area contributed by atoms with Crippen LogP contribution in [0, 0.1) is 11.6 Å². The second-order valence-corrected chi connectivity index (χ2v) is 7.04. The van der Waals surface area contributed by atoms with E-state index in [9.17, 15) is 13.6 Å². The highest BCUT2D eigenvalue weighted by atomic mass is 19.2. The van der Waals surface area contributed by atoms with Crippen LogP contribution in [0.15, 0.2) is 39.5 Å². The third kappa shape index (κ3) is 2.59. The van der Waals surface area contributed by atoms with Crippen molar-refractivity contribution in [1.29, 1.82) is 0 Å². The van der Waals surface area contributed by atoms with Crippen molar-refractivity contribution in [3.63, 3.8) is 0 Å². The van der Waals surface area contributed by atoms with Crippen LogP contribution < -0.4 is 15.3 Å². The molecule has 2 aliphatic rings. The topological polar surface area (TPSA) is 42.7 Å². The minimum atomic E-state index is -0.906. The molecule has 0 amide bonds. The Kier molecular flexibility index (Phi) is 3.67. The summed E-state index contributed by atoms with van der Waals surface area (Å²) in [6, 6.07) is 7.60. The van der Waals surface area contributed by atoms with Crippen molar-refractivity contribution in [1.82, 2.24) is 0 Å². The van der Waals surface area contributed by atoms with Crippen LogP contribution in [0.5, 0.6) is 5.75 Å². The predicted molar refractivity (Wildman–Crippen MR) is 97.2 cm³/mol. The van der Waals surface area contributed by atoms with E-state index in [1.54, 1.807) is 4.90 Å². The molecule has 6 heteroatoms. The average Bonchev–Trinajstić information content (AvgIpc) is 2.70.